The number of benzene rings is 1. The van der Waals surface area contributed by atoms with Crippen LogP contribution in [0.3, 0.4) is 0 Å². The Morgan fingerprint density at radius 3 is 2.47 bits per heavy atom. The molecule has 102 valence electrons. The maximum absolute atomic E-state index is 5.89. The Balaban J connectivity index is 2.48. The number of aromatic nitrogens is 2. The number of imidazole rings is 1. The fourth-order valence-electron chi connectivity index (χ4n) is 2.23. The quantitative estimate of drug-likeness (QED) is 0.861. The van der Waals surface area contributed by atoms with Gasteiger partial charge in [-0.05, 0) is 30.2 Å². The molecule has 0 aliphatic carbocycles. The third-order valence-electron chi connectivity index (χ3n) is 3.23. The Hall–Kier alpha value is -2.01. The Kier molecular flexibility index (Phi) is 4.06. The molecule has 1 aromatic heterocycles. The van der Waals surface area contributed by atoms with Gasteiger partial charge in [0.1, 0.15) is 5.82 Å². The van der Waals surface area contributed by atoms with Gasteiger partial charge in [-0.2, -0.15) is 0 Å². The molecule has 19 heavy (non-hydrogen) atoms. The van der Waals surface area contributed by atoms with Crippen LogP contribution in [0.4, 0.5) is 0 Å². The predicted octanol–water partition coefficient (Wildman–Crippen LogP) is 1.83. The lowest BCUT2D eigenvalue weighted by atomic mass is 9.93. The summed E-state index contributed by atoms with van der Waals surface area (Å²) < 4.78 is 10.6. The molecule has 1 heterocycles. The van der Waals surface area contributed by atoms with Crippen LogP contribution < -0.4 is 15.2 Å². The van der Waals surface area contributed by atoms with E-state index in [0.29, 0.717) is 12.3 Å². The van der Waals surface area contributed by atoms with Gasteiger partial charge in [-0.25, -0.2) is 4.98 Å². The van der Waals surface area contributed by atoms with E-state index in [4.69, 9.17) is 15.2 Å². The minimum atomic E-state index is 0.0230. The van der Waals surface area contributed by atoms with Gasteiger partial charge in [0.15, 0.2) is 11.5 Å². The summed E-state index contributed by atoms with van der Waals surface area (Å²) in [5.74, 6) is 2.31. The lowest BCUT2D eigenvalue weighted by Gasteiger charge is -2.18. The van der Waals surface area contributed by atoms with Crippen molar-refractivity contribution >= 4 is 0 Å². The minimum absolute atomic E-state index is 0.0230. The van der Waals surface area contributed by atoms with E-state index in [-0.39, 0.29) is 5.92 Å². The zero-order chi connectivity index (χ0) is 13.8. The van der Waals surface area contributed by atoms with Crippen LogP contribution in [0.1, 0.15) is 22.9 Å². The van der Waals surface area contributed by atoms with Crippen LogP contribution in [0.25, 0.3) is 0 Å². The van der Waals surface area contributed by atoms with Crippen LogP contribution in [0.2, 0.25) is 0 Å². The van der Waals surface area contributed by atoms with Crippen molar-refractivity contribution in [2.75, 3.05) is 20.8 Å². The predicted molar refractivity (Wildman–Crippen MR) is 73.8 cm³/mol. The van der Waals surface area contributed by atoms with Crippen molar-refractivity contribution in [3.63, 3.8) is 0 Å². The molecular formula is C14H19N3O2. The molecule has 1 unspecified atom stereocenters. The molecule has 1 atom stereocenters. The second-order valence-electron chi connectivity index (χ2n) is 4.33. The van der Waals surface area contributed by atoms with Crippen LogP contribution in [-0.4, -0.2) is 30.7 Å². The van der Waals surface area contributed by atoms with Gasteiger partial charge < -0.3 is 20.2 Å². The van der Waals surface area contributed by atoms with Crippen LogP contribution in [0.15, 0.2) is 24.5 Å². The van der Waals surface area contributed by atoms with Crippen molar-refractivity contribution in [2.24, 2.45) is 5.73 Å². The number of rotatable bonds is 5. The third-order valence-corrected chi connectivity index (χ3v) is 3.23. The average molecular weight is 261 g/mol. The van der Waals surface area contributed by atoms with E-state index in [1.807, 2.05) is 19.1 Å². The molecule has 5 heteroatoms. The second-order valence-corrected chi connectivity index (χ2v) is 4.33. The SMILES string of the molecule is COc1cc(C)c(C(CN)c2ncc[nH]2)cc1OC. The molecule has 0 saturated carbocycles. The monoisotopic (exact) mass is 261 g/mol. The van der Waals surface area contributed by atoms with E-state index in [1.165, 1.54) is 0 Å². The molecule has 0 radical (unpaired) electrons. The lowest BCUT2D eigenvalue weighted by Crippen LogP contribution is -2.16. The number of nitrogens with one attached hydrogen (secondary N) is 1. The highest BCUT2D eigenvalue weighted by atomic mass is 16.5. The zero-order valence-corrected chi connectivity index (χ0v) is 11.4. The summed E-state index contributed by atoms with van der Waals surface area (Å²) in [6, 6.07) is 3.92. The number of hydrogen-bond donors (Lipinski definition) is 2. The summed E-state index contributed by atoms with van der Waals surface area (Å²) in [5.41, 5.74) is 8.09. The summed E-state index contributed by atoms with van der Waals surface area (Å²) in [5, 5.41) is 0. The molecule has 0 amide bonds. The van der Waals surface area contributed by atoms with E-state index < -0.39 is 0 Å². The molecule has 3 N–H and O–H groups in total. The summed E-state index contributed by atoms with van der Waals surface area (Å²) in [6.07, 6.45) is 3.53. The third kappa shape index (κ3) is 2.56. The topological polar surface area (TPSA) is 73.2 Å². The normalized spacial score (nSPS) is 12.2. The first kappa shape index (κ1) is 13.4. The maximum Gasteiger partial charge on any atom is 0.161 e. The van der Waals surface area contributed by atoms with Crippen LogP contribution >= 0.6 is 0 Å². The van der Waals surface area contributed by atoms with Gasteiger partial charge in [0.05, 0.1) is 20.1 Å². The number of hydrogen-bond acceptors (Lipinski definition) is 4. The Morgan fingerprint density at radius 2 is 1.95 bits per heavy atom. The molecular weight excluding hydrogens is 242 g/mol. The van der Waals surface area contributed by atoms with Gasteiger partial charge in [-0.1, -0.05) is 0 Å². The Morgan fingerprint density at radius 1 is 1.26 bits per heavy atom. The average Bonchev–Trinajstić information content (AvgIpc) is 2.94. The Bertz CT molecular complexity index is 538. The van der Waals surface area contributed by atoms with Crippen molar-refractivity contribution in [3.8, 4) is 11.5 Å². The van der Waals surface area contributed by atoms with E-state index in [9.17, 15) is 0 Å². The van der Waals surface area contributed by atoms with Crippen LogP contribution in [-0.2, 0) is 0 Å². The van der Waals surface area contributed by atoms with E-state index >= 15 is 0 Å². The standard InChI is InChI=1S/C14H19N3O2/c1-9-6-12(18-2)13(19-3)7-10(9)11(8-15)14-16-4-5-17-14/h4-7,11H,8,15H2,1-3H3,(H,16,17). The molecule has 2 aromatic rings. The fourth-order valence-corrected chi connectivity index (χ4v) is 2.23. The number of aromatic amines is 1. The number of aryl methyl sites for hydroxylation is 1. The lowest BCUT2D eigenvalue weighted by molar-refractivity contribution is 0.354. The van der Waals surface area contributed by atoms with Gasteiger partial charge in [0, 0.05) is 18.9 Å². The molecule has 0 saturated heterocycles. The zero-order valence-electron chi connectivity index (χ0n) is 11.4. The van der Waals surface area contributed by atoms with Gasteiger partial charge in [0.25, 0.3) is 0 Å². The first-order valence-electron chi connectivity index (χ1n) is 6.13. The van der Waals surface area contributed by atoms with Gasteiger partial charge in [-0.3, -0.25) is 0 Å². The fraction of sp³-hybridized carbons (Fsp3) is 0.357. The molecule has 1 aromatic carbocycles. The van der Waals surface area contributed by atoms with Crippen molar-refractivity contribution in [1.82, 2.24) is 9.97 Å². The molecule has 0 fully saturated rings. The highest BCUT2D eigenvalue weighted by Crippen LogP contribution is 2.34. The summed E-state index contributed by atoms with van der Waals surface area (Å²) in [7, 11) is 3.26. The van der Waals surface area contributed by atoms with Crippen LogP contribution in [0.5, 0.6) is 11.5 Å². The molecule has 0 spiro atoms. The van der Waals surface area contributed by atoms with Crippen LogP contribution in [0, 0.1) is 6.92 Å². The molecule has 5 nitrogen and oxygen atoms in total. The molecule has 0 bridgehead atoms. The van der Waals surface area contributed by atoms with Gasteiger partial charge in [0.2, 0.25) is 0 Å². The molecule has 0 aliphatic heterocycles. The van der Waals surface area contributed by atoms with Crippen molar-refractivity contribution in [3.05, 3.63) is 41.5 Å². The number of methoxy groups -OCH3 is 2. The first-order valence-corrected chi connectivity index (χ1v) is 6.13. The number of ether oxygens (including phenoxy) is 2. The largest absolute Gasteiger partial charge is 0.493 e. The highest BCUT2D eigenvalue weighted by molar-refractivity contribution is 5.49. The van der Waals surface area contributed by atoms with Crippen molar-refractivity contribution in [2.45, 2.75) is 12.8 Å². The maximum atomic E-state index is 5.89. The van der Waals surface area contributed by atoms with E-state index in [0.717, 1.165) is 22.7 Å². The second kappa shape index (κ2) is 5.75. The smallest absolute Gasteiger partial charge is 0.161 e. The van der Waals surface area contributed by atoms with Gasteiger partial charge in [-0.15, -0.1) is 0 Å². The Labute approximate surface area is 112 Å². The number of H-pyrrole nitrogens is 1. The first-order chi connectivity index (χ1) is 9.21. The molecule has 2 rings (SSSR count). The number of nitrogens with two attached hydrogens (primary N) is 1. The summed E-state index contributed by atoms with van der Waals surface area (Å²) >= 11 is 0. The van der Waals surface area contributed by atoms with E-state index in [2.05, 4.69) is 9.97 Å². The number of nitrogens with zero attached hydrogens (tertiary/aromatic N) is 1. The minimum Gasteiger partial charge on any atom is -0.493 e. The summed E-state index contributed by atoms with van der Waals surface area (Å²) in [4.78, 5) is 7.41. The van der Waals surface area contributed by atoms with Crippen molar-refractivity contribution in [1.29, 1.82) is 0 Å². The van der Waals surface area contributed by atoms with Gasteiger partial charge >= 0.3 is 0 Å². The van der Waals surface area contributed by atoms with Crippen molar-refractivity contribution < 1.29 is 9.47 Å². The molecule has 0 aliphatic rings. The summed E-state index contributed by atoms with van der Waals surface area (Å²) in [6.45, 7) is 2.51. The highest BCUT2D eigenvalue weighted by Gasteiger charge is 2.19. The van der Waals surface area contributed by atoms with E-state index in [1.54, 1.807) is 26.6 Å².